The van der Waals surface area contributed by atoms with Crippen LogP contribution in [0.2, 0.25) is 0 Å². The average Bonchev–Trinajstić information content (AvgIpc) is 2.32. The average molecular weight is 196 g/mol. The fraction of sp³-hybridized carbons (Fsp3) is 0.750. The first-order chi connectivity index (χ1) is 6.48. The Bertz CT molecular complexity index is 251. The second-order valence-corrected chi connectivity index (χ2v) is 4.58. The summed E-state index contributed by atoms with van der Waals surface area (Å²) in [5.41, 5.74) is 1.40. The summed E-state index contributed by atoms with van der Waals surface area (Å²) in [6.07, 6.45) is 3.90. The van der Waals surface area contributed by atoms with Crippen LogP contribution in [0, 0.1) is 11.3 Å². The van der Waals surface area contributed by atoms with Crippen molar-refractivity contribution >= 4 is 5.97 Å². The zero-order valence-corrected chi connectivity index (χ0v) is 9.59. The van der Waals surface area contributed by atoms with Crippen LogP contribution in [-0.4, -0.2) is 12.6 Å². The van der Waals surface area contributed by atoms with Crippen LogP contribution < -0.4 is 0 Å². The minimum absolute atomic E-state index is 0.159. The fourth-order valence-corrected chi connectivity index (χ4v) is 1.96. The molecule has 1 saturated carbocycles. The number of ether oxygens (including phenoxy) is 1. The van der Waals surface area contributed by atoms with Crippen molar-refractivity contribution in [1.82, 2.24) is 0 Å². The Hall–Kier alpha value is -0.790. The van der Waals surface area contributed by atoms with Crippen molar-refractivity contribution in [3.05, 3.63) is 11.6 Å². The van der Waals surface area contributed by atoms with Gasteiger partial charge in [-0.2, -0.15) is 0 Å². The minimum atomic E-state index is -0.190. The summed E-state index contributed by atoms with van der Waals surface area (Å²) in [7, 11) is 0. The van der Waals surface area contributed by atoms with Gasteiger partial charge in [-0.15, -0.1) is 0 Å². The van der Waals surface area contributed by atoms with Crippen LogP contribution in [-0.2, 0) is 9.53 Å². The molecule has 0 N–H and O–H groups in total. The number of allylic oxidation sites excluding steroid dienone is 1. The molecule has 0 aliphatic heterocycles. The maximum atomic E-state index is 11.3. The van der Waals surface area contributed by atoms with Crippen molar-refractivity contribution in [2.45, 2.75) is 40.5 Å². The van der Waals surface area contributed by atoms with Crippen molar-refractivity contribution in [3.63, 3.8) is 0 Å². The number of carbonyl (C=O) groups excluding carboxylic acids is 1. The molecule has 80 valence electrons. The minimum Gasteiger partial charge on any atom is -0.463 e. The highest BCUT2D eigenvalue weighted by Gasteiger charge is 2.35. The Morgan fingerprint density at radius 1 is 1.64 bits per heavy atom. The van der Waals surface area contributed by atoms with E-state index in [9.17, 15) is 4.79 Å². The van der Waals surface area contributed by atoms with Gasteiger partial charge in [0.15, 0.2) is 0 Å². The molecular formula is C12H20O2. The van der Waals surface area contributed by atoms with Gasteiger partial charge in [-0.1, -0.05) is 26.3 Å². The van der Waals surface area contributed by atoms with E-state index < -0.39 is 0 Å². The Morgan fingerprint density at radius 2 is 2.29 bits per heavy atom. The maximum absolute atomic E-state index is 11.3. The van der Waals surface area contributed by atoms with E-state index in [1.807, 2.05) is 6.92 Å². The van der Waals surface area contributed by atoms with Gasteiger partial charge in [0.1, 0.15) is 0 Å². The van der Waals surface area contributed by atoms with E-state index in [-0.39, 0.29) is 11.4 Å². The highest BCUT2D eigenvalue weighted by Crippen LogP contribution is 2.46. The van der Waals surface area contributed by atoms with Crippen LogP contribution in [0.4, 0.5) is 0 Å². The second-order valence-electron chi connectivity index (χ2n) is 4.58. The summed E-state index contributed by atoms with van der Waals surface area (Å²) in [5.74, 6) is 0.466. The quantitative estimate of drug-likeness (QED) is 0.501. The number of hydrogen-bond donors (Lipinski definition) is 0. The van der Waals surface area contributed by atoms with E-state index in [0.29, 0.717) is 12.5 Å². The van der Waals surface area contributed by atoms with Crippen LogP contribution in [0.15, 0.2) is 11.6 Å². The summed E-state index contributed by atoms with van der Waals surface area (Å²) >= 11 is 0. The molecule has 14 heavy (non-hydrogen) atoms. The van der Waals surface area contributed by atoms with E-state index >= 15 is 0 Å². The van der Waals surface area contributed by atoms with Crippen LogP contribution in [0.1, 0.15) is 40.5 Å². The van der Waals surface area contributed by atoms with Gasteiger partial charge in [0.05, 0.1) is 6.61 Å². The van der Waals surface area contributed by atoms with Crippen LogP contribution >= 0.6 is 0 Å². The number of rotatable bonds is 2. The van der Waals surface area contributed by atoms with Gasteiger partial charge in [-0.05, 0) is 31.1 Å². The third-order valence-corrected chi connectivity index (χ3v) is 3.48. The molecule has 1 aliphatic rings. The molecule has 1 aliphatic carbocycles. The van der Waals surface area contributed by atoms with Crippen molar-refractivity contribution in [2.24, 2.45) is 11.3 Å². The molecule has 0 bridgehead atoms. The first-order valence-corrected chi connectivity index (χ1v) is 5.36. The van der Waals surface area contributed by atoms with Gasteiger partial charge in [0, 0.05) is 6.08 Å². The maximum Gasteiger partial charge on any atom is 0.330 e. The van der Waals surface area contributed by atoms with Crippen molar-refractivity contribution in [2.75, 3.05) is 6.61 Å². The van der Waals surface area contributed by atoms with Crippen molar-refractivity contribution in [3.8, 4) is 0 Å². The van der Waals surface area contributed by atoms with Gasteiger partial charge >= 0.3 is 5.97 Å². The molecule has 1 fully saturated rings. The molecule has 1 unspecified atom stereocenters. The lowest BCUT2D eigenvalue weighted by molar-refractivity contribution is -0.137. The fourth-order valence-electron chi connectivity index (χ4n) is 1.96. The molecule has 2 nitrogen and oxygen atoms in total. The van der Waals surface area contributed by atoms with Gasteiger partial charge in [0.25, 0.3) is 0 Å². The summed E-state index contributed by atoms with van der Waals surface area (Å²) in [5, 5.41) is 0. The van der Waals surface area contributed by atoms with E-state index in [4.69, 9.17) is 4.74 Å². The van der Waals surface area contributed by atoms with Crippen LogP contribution in [0.5, 0.6) is 0 Å². The largest absolute Gasteiger partial charge is 0.463 e. The lowest BCUT2D eigenvalue weighted by atomic mass is 9.80. The zero-order valence-electron chi connectivity index (χ0n) is 9.59. The van der Waals surface area contributed by atoms with E-state index in [0.717, 1.165) is 6.42 Å². The first-order valence-electron chi connectivity index (χ1n) is 5.36. The zero-order chi connectivity index (χ0) is 10.8. The molecule has 0 aromatic heterocycles. The predicted molar refractivity (Wildman–Crippen MR) is 56.9 cm³/mol. The lowest BCUT2D eigenvalue weighted by Crippen LogP contribution is -2.17. The van der Waals surface area contributed by atoms with Crippen molar-refractivity contribution < 1.29 is 9.53 Å². The molecule has 0 aromatic rings. The number of hydrogen-bond acceptors (Lipinski definition) is 2. The molecule has 1 rings (SSSR count). The smallest absolute Gasteiger partial charge is 0.330 e. The molecule has 1 atom stereocenters. The van der Waals surface area contributed by atoms with E-state index in [1.54, 1.807) is 6.08 Å². The summed E-state index contributed by atoms with van der Waals surface area (Å²) < 4.78 is 4.92. The lowest BCUT2D eigenvalue weighted by Gasteiger charge is -2.25. The normalized spacial score (nSPS) is 28.0. The standard InChI is InChI=1S/C12H20O2/c1-5-14-11(13)8-10-7-6-9(2)12(10,3)4/h8-9H,5-7H2,1-4H3. The molecule has 0 heterocycles. The Kier molecular flexibility index (Phi) is 3.35. The van der Waals surface area contributed by atoms with E-state index in [2.05, 4.69) is 20.8 Å². The van der Waals surface area contributed by atoms with Gasteiger partial charge < -0.3 is 4.74 Å². The molecule has 0 saturated heterocycles. The third kappa shape index (κ3) is 2.17. The van der Waals surface area contributed by atoms with Gasteiger partial charge in [-0.25, -0.2) is 4.79 Å². The molecule has 0 spiro atoms. The molecule has 2 heteroatoms. The van der Waals surface area contributed by atoms with Crippen LogP contribution in [0.25, 0.3) is 0 Å². The monoisotopic (exact) mass is 196 g/mol. The third-order valence-electron chi connectivity index (χ3n) is 3.48. The molecule has 0 radical (unpaired) electrons. The highest BCUT2D eigenvalue weighted by molar-refractivity contribution is 5.83. The number of carbonyl (C=O) groups is 1. The summed E-state index contributed by atoms with van der Waals surface area (Å²) in [6, 6.07) is 0. The highest BCUT2D eigenvalue weighted by atomic mass is 16.5. The Balaban J connectivity index is 2.74. The van der Waals surface area contributed by atoms with Crippen LogP contribution in [0.3, 0.4) is 0 Å². The topological polar surface area (TPSA) is 26.3 Å². The van der Waals surface area contributed by atoms with Crippen molar-refractivity contribution in [1.29, 1.82) is 0 Å². The Labute approximate surface area is 86.3 Å². The molecule has 0 aromatic carbocycles. The SMILES string of the molecule is CCOC(=O)C=C1CCC(C)C1(C)C. The molecule has 0 amide bonds. The van der Waals surface area contributed by atoms with Gasteiger partial charge in [-0.3, -0.25) is 0 Å². The summed E-state index contributed by atoms with van der Waals surface area (Å²) in [4.78, 5) is 11.3. The first kappa shape index (κ1) is 11.3. The second kappa shape index (κ2) is 4.16. The molecular weight excluding hydrogens is 176 g/mol. The van der Waals surface area contributed by atoms with Gasteiger partial charge in [0.2, 0.25) is 0 Å². The number of esters is 1. The predicted octanol–water partition coefficient (Wildman–Crippen LogP) is 2.93. The van der Waals surface area contributed by atoms with E-state index in [1.165, 1.54) is 12.0 Å². The Morgan fingerprint density at radius 3 is 2.71 bits per heavy atom. The summed E-state index contributed by atoms with van der Waals surface area (Å²) in [6.45, 7) is 8.94.